The lowest BCUT2D eigenvalue weighted by Gasteiger charge is -2.27. The summed E-state index contributed by atoms with van der Waals surface area (Å²) < 4.78 is 5.44. The summed E-state index contributed by atoms with van der Waals surface area (Å²) in [6, 6.07) is 8.25. The number of nitrogens with one attached hydrogen (secondary N) is 2. The second-order valence-electron chi connectivity index (χ2n) is 8.84. The van der Waals surface area contributed by atoms with E-state index >= 15 is 0 Å². The molecule has 1 saturated heterocycles. The van der Waals surface area contributed by atoms with Gasteiger partial charge in [-0.25, -0.2) is 4.98 Å². The summed E-state index contributed by atoms with van der Waals surface area (Å²) in [6.07, 6.45) is 5.05. The van der Waals surface area contributed by atoms with E-state index in [1.807, 2.05) is 12.1 Å². The summed E-state index contributed by atoms with van der Waals surface area (Å²) in [7, 11) is 0. The molecule has 8 heteroatoms. The quantitative estimate of drug-likeness (QED) is 0.559. The molecule has 7 nitrogen and oxygen atoms in total. The standard InChI is InChI=1S/C25H30N4O3S/c30-22(26-15-17-5-1-2-6-18(17)16-29-11-13-32-14-12-29)10-9-21-27-24(31)23-19-7-3-4-8-20(19)33-25(23)28-21/h1-2,5-6H,3-4,7-16H2,(H,26,30)(H,27,28,31). The van der Waals surface area contributed by atoms with E-state index in [-0.39, 0.29) is 11.5 Å². The van der Waals surface area contributed by atoms with Crippen molar-refractivity contribution in [2.75, 3.05) is 26.3 Å². The monoisotopic (exact) mass is 466 g/mol. The van der Waals surface area contributed by atoms with Crippen LogP contribution in [0.25, 0.3) is 10.2 Å². The number of thiophene rings is 1. The second-order valence-corrected chi connectivity index (χ2v) is 9.92. The molecule has 1 aliphatic heterocycles. The van der Waals surface area contributed by atoms with E-state index in [0.29, 0.717) is 25.2 Å². The van der Waals surface area contributed by atoms with Crippen molar-refractivity contribution in [3.63, 3.8) is 0 Å². The summed E-state index contributed by atoms with van der Waals surface area (Å²) in [6.45, 7) is 4.78. The van der Waals surface area contributed by atoms with Crippen LogP contribution in [0, 0.1) is 0 Å². The van der Waals surface area contributed by atoms with Crippen molar-refractivity contribution in [1.82, 2.24) is 20.2 Å². The maximum absolute atomic E-state index is 12.7. The van der Waals surface area contributed by atoms with Crippen LogP contribution in [0.1, 0.15) is 46.7 Å². The third-order valence-corrected chi connectivity index (χ3v) is 7.74. The summed E-state index contributed by atoms with van der Waals surface area (Å²) >= 11 is 1.64. The van der Waals surface area contributed by atoms with Crippen molar-refractivity contribution < 1.29 is 9.53 Å². The fourth-order valence-electron chi connectivity index (χ4n) is 4.73. The molecular formula is C25H30N4O3S. The summed E-state index contributed by atoms with van der Waals surface area (Å²) in [5, 5.41) is 3.80. The van der Waals surface area contributed by atoms with Gasteiger partial charge < -0.3 is 15.0 Å². The summed E-state index contributed by atoms with van der Waals surface area (Å²) in [4.78, 5) is 37.3. The van der Waals surface area contributed by atoms with Crippen molar-refractivity contribution in [3.8, 4) is 0 Å². The van der Waals surface area contributed by atoms with E-state index in [0.717, 1.165) is 67.9 Å². The largest absolute Gasteiger partial charge is 0.379 e. The average molecular weight is 467 g/mol. The first-order chi connectivity index (χ1) is 16.2. The Hall–Kier alpha value is -2.55. The van der Waals surface area contributed by atoms with Crippen LogP contribution in [0.2, 0.25) is 0 Å². The number of aromatic nitrogens is 2. The molecule has 0 unspecified atom stereocenters. The zero-order valence-corrected chi connectivity index (χ0v) is 19.6. The minimum absolute atomic E-state index is 0.0376. The van der Waals surface area contributed by atoms with Crippen molar-refractivity contribution in [1.29, 1.82) is 0 Å². The van der Waals surface area contributed by atoms with Crippen LogP contribution in [0.5, 0.6) is 0 Å². The number of rotatable bonds is 7. The van der Waals surface area contributed by atoms with Crippen molar-refractivity contribution in [3.05, 3.63) is 62.0 Å². The van der Waals surface area contributed by atoms with Gasteiger partial charge in [0.15, 0.2) is 0 Å². The first-order valence-electron chi connectivity index (χ1n) is 11.8. The number of H-pyrrole nitrogens is 1. The van der Waals surface area contributed by atoms with Crippen LogP contribution in [0.15, 0.2) is 29.1 Å². The number of benzene rings is 1. The molecule has 1 aromatic carbocycles. The highest BCUT2D eigenvalue weighted by Crippen LogP contribution is 2.33. The Balaban J connectivity index is 1.19. The molecule has 2 N–H and O–H groups in total. The number of aromatic amines is 1. The molecule has 174 valence electrons. The maximum atomic E-state index is 12.7. The molecule has 0 bridgehead atoms. The molecule has 3 aromatic rings. The fraction of sp³-hybridized carbons (Fsp3) is 0.480. The number of ether oxygens (including phenoxy) is 1. The second kappa shape index (κ2) is 10.2. The van der Waals surface area contributed by atoms with Crippen molar-refractivity contribution in [2.24, 2.45) is 0 Å². The van der Waals surface area contributed by atoms with Crippen molar-refractivity contribution >= 4 is 27.5 Å². The molecule has 0 saturated carbocycles. The molecule has 33 heavy (non-hydrogen) atoms. The zero-order valence-electron chi connectivity index (χ0n) is 18.8. The van der Waals surface area contributed by atoms with Gasteiger partial charge in [-0.3, -0.25) is 14.5 Å². The normalized spacial score (nSPS) is 16.6. The number of amides is 1. The van der Waals surface area contributed by atoms with Gasteiger partial charge in [0.1, 0.15) is 10.7 Å². The van der Waals surface area contributed by atoms with Crippen LogP contribution >= 0.6 is 11.3 Å². The Morgan fingerprint density at radius 3 is 2.79 bits per heavy atom. The van der Waals surface area contributed by atoms with Gasteiger partial charge in [-0.15, -0.1) is 11.3 Å². The number of hydrogen-bond donors (Lipinski definition) is 2. The molecule has 3 heterocycles. The van der Waals surface area contributed by atoms with E-state index in [1.54, 1.807) is 11.3 Å². The molecule has 0 spiro atoms. The lowest BCUT2D eigenvalue weighted by atomic mass is 9.97. The number of carbonyl (C=O) groups excluding carboxylic acids is 1. The lowest BCUT2D eigenvalue weighted by Crippen LogP contribution is -2.36. The molecule has 2 aliphatic rings. The van der Waals surface area contributed by atoms with Gasteiger partial charge in [0, 0.05) is 43.9 Å². The molecule has 0 atom stereocenters. The van der Waals surface area contributed by atoms with E-state index < -0.39 is 0 Å². The first-order valence-corrected chi connectivity index (χ1v) is 12.7. The Morgan fingerprint density at radius 1 is 1.15 bits per heavy atom. The van der Waals surface area contributed by atoms with Crippen LogP contribution in [-0.4, -0.2) is 47.1 Å². The highest BCUT2D eigenvalue weighted by atomic mass is 32.1. The first kappa shape index (κ1) is 22.3. The lowest BCUT2D eigenvalue weighted by molar-refractivity contribution is -0.121. The molecular weight excluding hydrogens is 436 g/mol. The average Bonchev–Trinajstić information content (AvgIpc) is 3.22. The Morgan fingerprint density at radius 2 is 1.94 bits per heavy atom. The number of nitrogens with zero attached hydrogens (tertiary/aromatic N) is 2. The molecule has 0 radical (unpaired) electrons. The molecule has 1 aliphatic carbocycles. The number of fused-ring (bicyclic) bond motifs is 3. The molecule has 2 aromatic heterocycles. The minimum Gasteiger partial charge on any atom is -0.379 e. The predicted molar refractivity (Wildman–Crippen MR) is 130 cm³/mol. The van der Waals surface area contributed by atoms with E-state index in [4.69, 9.17) is 4.74 Å². The van der Waals surface area contributed by atoms with Crippen LogP contribution in [0.4, 0.5) is 0 Å². The predicted octanol–water partition coefficient (Wildman–Crippen LogP) is 2.94. The molecule has 5 rings (SSSR count). The Kier molecular flexibility index (Phi) is 6.85. The zero-order chi connectivity index (χ0) is 22.6. The van der Waals surface area contributed by atoms with Gasteiger partial charge in [-0.05, 0) is 42.4 Å². The number of aryl methyl sites for hydroxylation is 3. The molecule has 1 amide bonds. The minimum atomic E-state index is -0.0631. The van der Waals surface area contributed by atoms with Crippen LogP contribution < -0.4 is 10.9 Å². The van der Waals surface area contributed by atoms with Gasteiger partial charge in [-0.2, -0.15) is 0 Å². The fourth-order valence-corrected chi connectivity index (χ4v) is 6.01. The third-order valence-electron chi connectivity index (χ3n) is 6.56. The number of carbonyl (C=O) groups is 1. The summed E-state index contributed by atoms with van der Waals surface area (Å²) in [5.41, 5.74) is 3.49. The van der Waals surface area contributed by atoms with Gasteiger partial charge in [0.25, 0.3) is 5.56 Å². The smallest absolute Gasteiger partial charge is 0.259 e. The van der Waals surface area contributed by atoms with Gasteiger partial charge >= 0.3 is 0 Å². The topological polar surface area (TPSA) is 87.3 Å². The van der Waals surface area contributed by atoms with Crippen LogP contribution in [-0.2, 0) is 41.9 Å². The van der Waals surface area contributed by atoms with Crippen LogP contribution in [0.3, 0.4) is 0 Å². The van der Waals surface area contributed by atoms with Crippen molar-refractivity contribution in [2.45, 2.75) is 51.6 Å². The highest BCUT2D eigenvalue weighted by Gasteiger charge is 2.20. The Bertz CT molecular complexity index is 1200. The van der Waals surface area contributed by atoms with Gasteiger partial charge in [0.2, 0.25) is 5.91 Å². The van der Waals surface area contributed by atoms with Gasteiger partial charge in [0.05, 0.1) is 18.6 Å². The summed E-state index contributed by atoms with van der Waals surface area (Å²) in [5.74, 6) is 0.554. The molecule has 1 fully saturated rings. The van der Waals surface area contributed by atoms with E-state index in [1.165, 1.54) is 22.4 Å². The highest BCUT2D eigenvalue weighted by molar-refractivity contribution is 7.18. The third kappa shape index (κ3) is 5.18. The maximum Gasteiger partial charge on any atom is 0.259 e. The van der Waals surface area contributed by atoms with E-state index in [2.05, 4.69) is 32.3 Å². The van der Waals surface area contributed by atoms with Gasteiger partial charge in [-0.1, -0.05) is 24.3 Å². The SMILES string of the molecule is O=C(CCc1nc2sc3c(c2c(=O)[nH]1)CCCC3)NCc1ccccc1CN1CCOCC1. The van der Waals surface area contributed by atoms with E-state index in [9.17, 15) is 9.59 Å². The Labute approximate surface area is 197 Å². The number of morpholine rings is 1. The number of hydrogen-bond acceptors (Lipinski definition) is 6.